The Morgan fingerprint density at radius 3 is 2.50 bits per heavy atom. The minimum atomic E-state index is -0.200. The molecule has 2 aromatic carbocycles. The molecule has 1 aromatic heterocycles. The third kappa shape index (κ3) is 3.06. The van der Waals surface area contributed by atoms with Crippen LogP contribution >= 0.6 is 0 Å². The summed E-state index contributed by atoms with van der Waals surface area (Å²) < 4.78 is 0. The van der Waals surface area contributed by atoms with E-state index in [0.29, 0.717) is 22.9 Å². The Morgan fingerprint density at radius 1 is 1.04 bits per heavy atom. The van der Waals surface area contributed by atoms with Gasteiger partial charge in [0.05, 0.1) is 11.3 Å². The molecule has 0 atom stereocenters. The van der Waals surface area contributed by atoms with Gasteiger partial charge < -0.3 is 11.1 Å². The van der Waals surface area contributed by atoms with E-state index in [4.69, 9.17) is 11.1 Å². The number of nitrogens with zero attached hydrogens (tertiary/aromatic N) is 2. The summed E-state index contributed by atoms with van der Waals surface area (Å²) >= 11 is 0. The van der Waals surface area contributed by atoms with E-state index in [9.17, 15) is 0 Å². The summed E-state index contributed by atoms with van der Waals surface area (Å²) in [4.78, 5) is 8.39. The van der Waals surface area contributed by atoms with Gasteiger partial charge in [-0.05, 0) is 31.5 Å². The van der Waals surface area contributed by atoms with Crippen LogP contribution in [0.5, 0.6) is 0 Å². The van der Waals surface area contributed by atoms with Crippen LogP contribution in [-0.4, -0.2) is 21.2 Å². The summed E-state index contributed by atoms with van der Waals surface area (Å²) in [5.41, 5.74) is 7.55. The molecule has 0 aliphatic rings. The fourth-order valence-corrected chi connectivity index (χ4v) is 2.67. The van der Waals surface area contributed by atoms with E-state index in [1.165, 1.54) is 6.33 Å². The van der Waals surface area contributed by atoms with Gasteiger partial charge in [-0.1, -0.05) is 42.5 Å². The molecule has 0 saturated heterocycles. The second-order valence-corrected chi connectivity index (χ2v) is 6.76. The van der Waals surface area contributed by atoms with Crippen molar-refractivity contribution in [2.24, 2.45) is 0 Å². The lowest BCUT2D eigenvalue weighted by molar-refractivity contribution is 0.630. The van der Waals surface area contributed by atoms with Crippen molar-refractivity contribution in [3.05, 3.63) is 59.9 Å². The van der Waals surface area contributed by atoms with Gasteiger partial charge in [-0.3, -0.25) is 5.41 Å². The monoisotopic (exact) mass is 319 g/mol. The zero-order valence-corrected chi connectivity index (χ0v) is 14.1. The smallest absolute Gasteiger partial charge is 0.141 e. The van der Waals surface area contributed by atoms with E-state index < -0.39 is 0 Å². The molecule has 3 aromatic rings. The number of nitrogens with one attached hydrogen (secondary N) is 2. The fourth-order valence-electron chi connectivity index (χ4n) is 2.67. The lowest BCUT2D eigenvalue weighted by Crippen LogP contribution is -2.28. The van der Waals surface area contributed by atoms with Gasteiger partial charge in [0.25, 0.3) is 0 Å². The topological polar surface area (TPSA) is 87.7 Å². The molecule has 4 N–H and O–H groups in total. The van der Waals surface area contributed by atoms with E-state index in [0.717, 1.165) is 16.3 Å². The van der Waals surface area contributed by atoms with Crippen molar-refractivity contribution >= 4 is 28.1 Å². The predicted octanol–water partition coefficient (Wildman–Crippen LogP) is 3.84. The standard InChI is InChI=1S/C19H21N5/c1-19(2,3)24-18-15(17(21)22-11-23-18)16(20)14-10-6-8-12-7-4-5-9-13(12)14/h4-11,20H,1-3H3,(H3,21,22,23,24). The second-order valence-electron chi connectivity index (χ2n) is 6.76. The van der Waals surface area contributed by atoms with Gasteiger partial charge in [0, 0.05) is 11.1 Å². The van der Waals surface area contributed by atoms with Crippen LogP contribution in [0.15, 0.2) is 48.8 Å². The first-order valence-electron chi connectivity index (χ1n) is 7.82. The average molecular weight is 319 g/mol. The molecule has 0 aliphatic heterocycles. The van der Waals surface area contributed by atoms with E-state index in [-0.39, 0.29) is 5.54 Å². The highest BCUT2D eigenvalue weighted by Crippen LogP contribution is 2.27. The van der Waals surface area contributed by atoms with Gasteiger partial charge in [-0.2, -0.15) is 0 Å². The minimum absolute atomic E-state index is 0.200. The number of hydrogen-bond acceptors (Lipinski definition) is 5. The second kappa shape index (κ2) is 5.92. The minimum Gasteiger partial charge on any atom is -0.383 e. The first-order valence-corrected chi connectivity index (χ1v) is 7.82. The summed E-state index contributed by atoms with van der Waals surface area (Å²) in [6.07, 6.45) is 1.42. The molecule has 0 aliphatic carbocycles. The molecule has 0 saturated carbocycles. The largest absolute Gasteiger partial charge is 0.383 e. The Kier molecular flexibility index (Phi) is 3.93. The predicted molar refractivity (Wildman–Crippen MR) is 99.7 cm³/mol. The molecule has 0 fully saturated rings. The summed E-state index contributed by atoms with van der Waals surface area (Å²) in [6, 6.07) is 13.9. The van der Waals surface area contributed by atoms with Crippen molar-refractivity contribution in [1.82, 2.24) is 9.97 Å². The molecule has 0 amide bonds. The van der Waals surface area contributed by atoms with Gasteiger partial charge in [0.15, 0.2) is 0 Å². The molecule has 3 rings (SSSR count). The molecule has 1 heterocycles. The van der Waals surface area contributed by atoms with Crippen molar-refractivity contribution in [3.63, 3.8) is 0 Å². The Labute approximate surface area is 141 Å². The van der Waals surface area contributed by atoms with Crippen LogP contribution in [0.25, 0.3) is 10.8 Å². The van der Waals surface area contributed by atoms with Gasteiger partial charge in [0.2, 0.25) is 0 Å². The summed E-state index contributed by atoms with van der Waals surface area (Å²) in [5.74, 6) is 0.877. The van der Waals surface area contributed by atoms with Crippen LogP contribution in [0.4, 0.5) is 11.6 Å². The van der Waals surface area contributed by atoms with Crippen LogP contribution < -0.4 is 11.1 Å². The van der Waals surface area contributed by atoms with Gasteiger partial charge >= 0.3 is 0 Å². The van der Waals surface area contributed by atoms with Crippen molar-refractivity contribution in [2.75, 3.05) is 11.1 Å². The molecule has 122 valence electrons. The van der Waals surface area contributed by atoms with Gasteiger partial charge in [-0.15, -0.1) is 0 Å². The molecule has 0 spiro atoms. The maximum atomic E-state index is 8.74. The number of anilines is 2. The van der Waals surface area contributed by atoms with Gasteiger partial charge in [0.1, 0.15) is 18.0 Å². The highest BCUT2D eigenvalue weighted by molar-refractivity contribution is 6.21. The number of rotatable bonds is 3. The van der Waals surface area contributed by atoms with E-state index in [1.807, 2.05) is 63.2 Å². The zero-order valence-electron chi connectivity index (χ0n) is 14.1. The number of fused-ring (bicyclic) bond motifs is 1. The molecule has 0 unspecified atom stereocenters. The molecular weight excluding hydrogens is 298 g/mol. The number of nitrogen functional groups attached to an aromatic ring is 1. The first-order chi connectivity index (χ1) is 11.4. The highest BCUT2D eigenvalue weighted by atomic mass is 15.1. The average Bonchev–Trinajstić information content (AvgIpc) is 2.52. The quantitative estimate of drug-likeness (QED) is 0.640. The lowest BCUT2D eigenvalue weighted by Gasteiger charge is -2.23. The molecular formula is C19H21N5. The third-order valence-electron chi connectivity index (χ3n) is 3.68. The molecule has 5 heteroatoms. The Balaban J connectivity index is 2.16. The molecule has 5 nitrogen and oxygen atoms in total. The van der Waals surface area contributed by atoms with Crippen molar-refractivity contribution < 1.29 is 0 Å². The number of aromatic nitrogens is 2. The summed E-state index contributed by atoms with van der Waals surface area (Å²) in [5, 5.41) is 14.2. The summed E-state index contributed by atoms with van der Waals surface area (Å²) in [6.45, 7) is 6.11. The van der Waals surface area contributed by atoms with Gasteiger partial charge in [-0.25, -0.2) is 9.97 Å². The molecule has 24 heavy (non-hydrogen) atoms. The van der Waals surface area contributed by atoms with Crippen molar-refractivity contribution in [2.45, 2.75) is 26.3 Å². The van der Waals surface area contributed by atoms with Crippen LogP contribution in [0.3, 0.4) is 0 Å². The van der Waals surface area contributed by atoms with Crippen LogP contribution in [0.1, 0.15) is 31.9 Å². The Morgan fingerprint density at radius 2 is 1.75 bits per heavy atom. The Hall–Kier alpha value is -2.95. The van der Waals surface area contributed by atoms with Crippen molar-refractivity contribution in [3.8, 4) is 0 Å². The van der Waals surface area contributed by atoms with Crippen LogP contribution in [-0.2, 0) is 0 Å². The number of benzene rings is 2. The molecule has 0 bridgehead atoms. The number of hydrogen-bond donors (Lipinski definition) is 3. The lowest BCUT2D eigenvalue weighted by atomic mass is 9.96. The molecule has 0 radical (unpaired) electrons. The zero-order chi connectivity index (χ0) is 17.3. The highest BCUT2D eigenvalue weighted by Gasteiger charge is 2.20. The maximum absolute atomic E-state index is 8.74. The van der Waals surface area contributed by atoms with Crippen molar-refractivity contribution in [1.29, 1.82) is 5.41 Å². The van der Waals surface area contributed by atoms with E-state index >= 15 is 0 Å². The van der Waals surface area contributed by atoms with E-state index in [1.54, 1.807) is 0 Å². The van der Waals surface area contributed by atoms with Crippen LogP contribution in [0.2, 0.25) is 0 Å². The van der Waals surface area contributed by atoms with E-state index in [2.05, 4.69) is 15.3 Å². The Bertz CT molecular complexity index is 904. The maximum Gasteiger partial charge on any atom is 0.141 e. The fraction of sp³-hybridized carbons (Fsp3) is 0.211. The number of nitrogens with two attached hydrogens (primary N) is 1. The SMILES string of the molecule is CC(C)(C)Nc1ncnc(N)c1C(=N)c1cccc2ccccc12. The van der Waals surface area contributed by atoms with Crippen LogP contribution in [0, 0.1) is 5.41 Å². The normalized spacial score (nSPS) is 11.5. The third-order valence-corrected chi connectivity index (χ3v) is 3.68. The summed E-state index contributed by atoms with van der Waals surface area (Å²) in [7, 11) is 0. The first kappa shape index (κ1) is 15.9.